The molecule has 1 atom stereocenters. The molecule has 2 N–H and O–H groups in total. The Kier molecular flexibility index (Phi) is 4.36. The summed E-state index contributed by atoms with van der Waals surface area (Å²) in [6, 6.07) is 7.24. The third kappa shape index (κ3) is 3.23. The number of hydrogen-bond donors (Lipinski definition) is 2. The lowest BCUT2D eigenvalue weighted by atomic mass is 10.2. The van der Waals surface area contributed by atoms with Crippen LogP contribution >= 0.6 is 11.6 Å². The highest BCUT2D eigenvalue weighted by Crippen LogP contribution is 2.15. The highest BCUT2D eigenvalue weighted by molar-refractivity contribution is 6.40. The third-order valence-electron chi connectivity index (χ3n) is 2.61. The highest BCUT2D eigenvalue weighted by atomic mass is 35.5. The van der Waals surface area contributed by atoms with Crippen LogP contribution in [0.5, 0.6) is 0 Å². The van der Waals surface area contributed by atoms with Crippen LogP contribution in [0.2, 0.25) is 5.02 Å². The van der Waals surface area contributed by atoms with E-state index in [1.165, 1.54) is 6.92 Å². The van der Waals surface area contributed by atoms with Gasteiger partial charge in [0.25, 0.3) is 5.91 Å². The molecule has 102 valence electrons. The predicted molar refractivity (Wildman–Crippen MR) is 70.2 cm³/mol. The molecule has 0 aromatic heterocycles. The fourth-order valence-corrected chi connectivity index (χ4v) is 1.81. The van der Waals surface area contributed by atoms with Crippen molar-refractivity contribution in [2.75, 3.05) is 6.54 Å². The van der Waals surface area contributed by atoms with Gasteiger partial charge in [-0.05, 0) is 13.0 Å². The van der Waals surface area contributed by atoms with E-state index in [1.807, 2.05) is 18.2 Å². The van der Waals surface area contributed by atoms with Crippen LogP contribution in [-0.2, 0) is 16.2 Å². The van der Waals surface area contributed by atoms with Crippen molar-refractivity contribution in [3.8, 4) is 0 Å². The summed E-state index contributed by atoms with van der Waals surface area (Å²) < 4.78 is 0. The highest BCUT2D eigenvalue weighted by Gasteiger charge is 2.30. The molecule has 1 aromatic rings. The normalized spacial score (nSPS) is 19.0. The smallest absolute Gasteiger partial charge is 0.289 e. The van der Waals surface area contributed by atoms with Crippen molar-refractivity contribution in [2.24, 2.45) is 5.16 Å². The van der Waals surface area contributed by atoms with E-state index >= 15 is 0 Å². The maximum Gasteiger partial charge on any atom is 0.289 e. The van der Waals surface area contributed by atoms with Gasteiger partial charge in [-0.2, -0.15) is 0 Å². The van der Waals surface area contributed by atoms with Gasteiger partial charge in [0.1, 0.15) is 12.8 Å². The molecule has 1 saturated heterocycles. The lowest BCUT2D eigenvalue weighted by Gasteiger charge is -2.17. The van der Waals surface area contributed by atoms with E-state index < -0.39 is 12.1 Å². The first-order chi connectivity index (χ1) is 9.09. The number of aliphatic hydroxyl groups excluding tert-OH is 1. The van der Waals surface area contributed by atoms with Gasteiger partial charge in [-0.25, -0.2) is 10.4 Å². The van der Waals surface area contributed by atoms with Crippen LogP contribution in [0.25, 0.3) is 0 Å². The van der Waals surface area contributed by atoms with Gasteiger partial charge in [0, 0.05) is 10.6 Å². The van der Waals surface area contributed by atoms with Gasteiger partial charge in [-0.15, -0.1) is 0 Å². The number of amides is 1. The minimum Gasteiger partial charge on any atom is -0.390 e. The maximum absolute atomic E-state index is 11.7. The molecule has 0 radical (unpaired) electrons. The van der Waals surface area contributed by atoms with Crippen molar-refractivity contribution in [1.82, 2.24) is 10.4 Å². The van der Waals surface area contributed by atoms with Crippen molar-refractivity contribution in [2.45, 2.75) is 19.8 Å². The number of nitrogens with one attached hydrogen (secondary N) is 1. The zero-order chi connectivity index (χ0) is 13.8. The van der Waals surface area contributed by atoms with Gasteiger partial charge in [0.05, 0.1) is 6.54 Å². The molecule has 1 amide bonds. The number of halogens is 1. The summed E-state index contributed by atoms with van der Waals surface area (Å²) in [5.74, 6) is -0.394. The molecule has 1 aliphatic heterocycles. The molecule has 6 nitrogen and oxygen atoms in total. The molecule has 1 aliphatic rings. The third-order valence-corrected chi connectivity index (χ3v) is 2.98. The first-order valence-corrected chi connectivity index (χ1v) is 6.14. The largest absolute Gasteiger partial charge is 0.390 e. The summed E-state index contributed by atoms with van der Waals surface area (Å²) in [7, 11) is 0. The summed E-state index contributed by atoms with van der Waals surface area (Å²) in [5.41, 5.74) is 3.72. The predicted octanol–water partition coefficient (Wildman–Crippen LogP) is 0.898. The van der Waals surface area contributed by atoms with Crippen molar-refractivity contribution in [1.29, 1.82) is 0 Å². The number of hydrazine groups is 1. The Balaban J connectivity index is 1.94. The van der Waals surface area contributed by atoms with Crippen LogP contribution in [0.1, 0.15) is 12.5 Å². The first kappa shape index (κ1) is 13.8. The Hall–Kier alpha value is -1.63. The van der Waals surface area contributed by atoms with E-state index in [1.54, 1.807) is 6.07 Å². The van der Waals surface area contributed by atoms with Gasteiger partial charge < -0.3 is 9.94 Å². The number of hydrogen-bond acceptors (Lipinski definition) is 5. The fraction of sp³-hybridized carbons (Fsp3) is 0.333. The van der Waals surface area contributed by atoms with Gasteiger partial charge in [-0.1, -0.05) is 35.0 Å². The van der Waals surface area contributed by atoms with E-state index in [0.29, 0.717) is 5.02 Å². The lowest BCUT2D eigenvalue weighted by Crippen LogP contribution is -2.41. The number of aliphatic hydroxyl groups is 1. The Morgan fingerprint density at radius 2 is 2.32 bits per heavy atom. The minimum absolute atomic E-state index is 0.186. The molecule has 0 saturated carbocycles. The number of benzene rings is 1. The average Bonchev–Trinajstić information content (AvgIpc) is 2.74. The SMILES string of the molecule is CC(O)N1NCC(=NOCc2ccccc2Cl)C1=O. The fourth-order valence-electron chi connectivity index (χ4n) is 1.61. The Bertz CT molecular complexity index is 505. The molecule has 1 heterocycles. The molecule has 19 heavy (non-hydrogen) atoms. The number of oxime groups is 1. The quantitative estimate of drug-likeness (QED) is 0.805. The molecule has 1 aromatic carbocycles. The monoisotopic (exact) mass is 283 g/mol. The first-order valence-electron chi connectivity index (χ1n) is 5.77. The molecular weight excluding hydrogens is 270 g/mol. The average molecular weight is 284 g/mol. The van der Waals surface area contributed by atoms with Crippen molar-refractivity contribution >= 4 is 23.2 Å². The second kappa shape index (κ2) is 6.01. The zero-order valence-corrected chi connectivity index (χ0v) is 11.1. The molecule has 0 spiro atoms. The molecule has 7 heteroatoms. The Labute approximate surface area is 115 Å². The van der Waals surface area contributed by atoms with Crippen LogP contribution < -0.4 is 5.43 Å². The van der Waals surface area contributed by atoms with E-state index in [2.05, 4.69) is 10.6 Å². The van der Waals surface area contributed by atoms with Gasteiger partial charge in [0.2, 0.25) is 0 Å². The second-order valence-corrected chi connectivity index (χ2v) is 4.45. The molecule has 1 fully saturated rings. The number of carbonyl (C=O) groups excluding carboxylic acids is 1. The number of carbonyl (C=O) groups is 1. The van der Waals surface area contributed by atoms with Gasteiger partial charge in [0.15, 0.2) is 5.71 Å². The summed E-state index contributed by atoms with van der Waals surface area (Å²) in [6.07, 6.45) is -0.913. The molecule has 1 unspecified atom stereocenters. The number of nitrogens with zero attached hydrogens (tertiary/aromatic N) is 2. The molecule has 2 rings (SSSR count). The van der Waals surface area contributed by atoms with Crippen LogP contribution in [0, 0.1) is 0 Å². The zero-order valence-electron chi connectivity index (χ0n) is 10.3. The van der Waals surface area contributed by atoms with Crippen LogP contribution in [0.15, 0.2) is 29.4 Å². The van der Waals surface area contributed by atoms with Crippen molar-refractivity contribution in [3.05, 3.63) is 34.9 Å². The number of rotatable bonds is 4. The Morgan fingerprint density at radius 1 is 1.58 bits per heavy atom. The summed E-state index contributed by atoms with van der Waals surface area (Å²) in [6.45, 7) is 1.90. The standard InChI is InChI=1S/C12H14ClN3O3/c1-8(17)16-12(18)11(6-14-16)15-19-7-9-4-2-3-5-10(9)13/h2-5,8,14,17H,6-7H2,1H3. The molecule has 0 bridgehead atoms. The van der Waals surface area contributed by atoms with Gasteiger partial charge >= 0.3 is 0 Å². The van der Waals surface area contributed by atoms with Crippen molar-refractivity contribution < 1.29 is 14.7 Å². The molecule has 0 aliphatic carbocycles. The van der Waals surface area contributed by atoms with Gasteiger partial charge in [-0.3, -0.25) is 4.79 Å². The minimum atomic E-state index is -0.913. The molecular formula is C12H14ClN3O3. The lowest BCUT2D eigenvalue weighted by molar-refractivity contribution is -0.134. The summed E-state index contributed by atoms with van der Waals surface area (Å²) in [5, 5.41) is 14.8. The van der Waals surface area contributed by atoms with E-state index in [0.717, 1.165) is 10.6 Å². The van der Waals surface area contributed by atoms with Crippen LogP contribution in [-0.4, -0.2) is 34.5 Å². The topological polar surface area (TPSA) is 74.2 Å². The maximum atomic E-state index is 11.7. The Morgan fingerprint density at radius 3 is 2.95 bits per heavy atom. The second-order valence-electron chi connectivity index (χ2n) is 4.04. The summed E-state index contributed by atoms with van der Waals surface area (Å²) >= 11 is 5.96. The van der Waals surface area contributed by atoms with E-state index in [-0.39, 0.29) is 18.9 Å². The van der Waals surface area contributed by atoms with Crippen LogP contribution in [0.3, 0.4) is 0 Å². The summed E-state index contributed by atoms with van der Waals surface area (Å²) in [4.78, 5) is 16.8. The van der Waals surface area contributed by atoms with Crippen LogP contribution in [0.4, 0.5) is 0 Å². The van der Waals surface area contributed by atoms with E-state index in [4.69, 9.17) is 16.4 Å². The van der Waals surface area contributed by atoms with E-state index in [9.17, 15) is 9.90 Å². The van der Waals surface area contributed by atoms with Crippen molar-refractivity contribution in [3.63, 3.8) is 0 Å².